The van der Waals surface area contributed by atoms with E-state index < -0.39 is 17.7 Å². The number of ether oxygens (including phenoxy) is 1. The molecule has 1 atom stereocenters. The molecule has 162 valence electrons. The molecule has 4 rings (SSSR count). The number of carbonyl (C=O) groups excluding carboxylic acids is 1. The highest BCUT2D eigenvalue weighted by Crippen LogP contribution is 2.29. The summed E-state index contributed by atoms with van der Waals surface area (Å²) < 4.78 is 34.8. The number of ketones is 1. The van der Waals surface area contributed by atoms with Gasteiger partial charge >= 0.3 is 0 Å². The summed E-state index contributed by atoms with van der Waals surface area (Å²) in [6.45, 7) is 1.76. The molecule has 0 aliphatic carbocycles. The van der Waals surface area contributed by atoms with Crippen LogP contribution in [0.3, 0.4) is 0 Å². The Morgan fingerprint density at radius 3 is 2.38 bits per heavy atom. The molecule has 0 N–H and O–H groups in total. The lowest BCUT2D eigenvalue weighted by Crippen LogP contribution is -2.12. The van der Waals surface area contributed by atoms with Crippen molar-refractivity contribution in [1.82, 2.24) is 14.8 Å². The Labute approximate surface area is 188 Å². The average molecular weight is 451 g/mol. The highest BCUT2D eigenvalue weighted by molar-refractivity contribution is 7.99. The Morgan fingerprint density at radius 1 is 0.969 bits per heavy atom. The minimum atomic E-state index is -0.609. The van der Waals surface area contributed by atoms with Gasteiger partial charge in [-0.15, -0.1) is 10.2 Å². The first kappa shape index (κ1) is 21.7. The number of hydrogen-bond donors (Lipinski definition) is 0. The predicted octanol–water partition coefficient (Wildman–Crippen LogP) is 5.66. The molecule has 0 saturated carbocycles. The van der Waals surface area contributed by atoms with Crippen molar-refractivity contribution in [2.24, 2.45) is 0 Å². The van der Waals surface area contributed by atoms with Gasteiger partial charge in [-0.1, -0.05) is 42.1 Å². The molecule has 8 heteroatoms. The number of thioether (sulfide) groups is 1. The first-order chi connectivity index (χ1) is 15.5. The topological polar surface area (TPSA) is 57.0 Å². The number of Topliss-reactive ketones (excluding diaryl/α,β-unsaturated/α-hetero) is 1. The molecule has 5 nitrogen and oxygen atoms in total. The minimum Gasteiger partial charge on any atom is -0.480 e. The van der Waals surface area contributed by atoms with Gasteiger partial charge in [-0.3, -0.25) is 9.36 Å². The summed E-state index contributed by atoms with van der Waals surface area (Å²) >= 11 is 1.21. The molecule has 0 radical (unpaired) electrons. The van der Waals surface area contributed by atoms with E-state index >= 15 is 0 Å². The maximum atomic E-state index is 14.1. The van der Waals surface area contributed by atoms with Crippen LogP contribution in [0.2, 0.25) is 0 Å². The van der Waals surface area contributed by atoms with E-state index in [4.69, 9.17) is 4.74 Å². The Balaban J connectivity index is 1.60. The average Bonchev–Trinajstić information content (AvgIpc) is 3.24. The molecule has 0 amide bonds. The third-order valence-electron chi connectivity index (χ3n) is 4.68. The molecule has 0 bridgehead atoms. The number of carbonyl (C=O) groups is 1. The fourth-order valence-corrected chi connectivity index (χ4v) is 3.94. The maximum absolute atomic E-state index is 14.1. The number of hydrogen-bond acceptors (Lipinski definition) is 5. The van der Waals surface area contributed by atoms with E-state index in [2.05, 4.69) is 10.2 Å². The standard InChI is InChI=1S/C24H19F2N3O2S/c1-16(31-22-10-6-5-9-20(22)26)23-27-28-24(29(23)19-7-3-2-4-8-19)32-15-21(30)17-11-13-18(25)14-12-17/h2-14,16H,15H2,1H3. The lowest BCUT2D eigenvalue weighted by molar-refractivity contribution is 0.102. The Hall–Kier alpha value is -3.52. The minimum absolute atomic E-state index is 0.0964. The smallest absolute Gasteiger partial charge is 0.196 e. The second-order valence-corrected chi connectivity index (χ2v) is 7.86. The van der Waals surface area contributed by atoms with Gasteiger partial charge in [-0.05, 0) is 55.5 Å². The van der Waals surface area contributed by atoms with Crippen molar-refractivity contribution in [3.8, 4) is 11.4 Å². The van der Waals surface area contributed by atoms with Crippen LogP contribution in [0.15, 0.2) is 84.0 Å². The molecular formula is C24H19F2N3O2S. The SMILES string of the molecule is CC(Oc1ccccc1F)c1nnc(SCC(=O)c2ccc(F)cc2)n1-c1ccccc1. The lowest BCUT2D eigenvalue weighted by atomic mass is 10.1. The second kappa shape index (κ2) is 9.74. The zero-order chi connectivity index (χ0) is 22.5. The second-order valence-electron chi connectivity index (χ2n) is 6.92. The van der Waals surface area contributed by atoms with Crippen LogP contribution >= 0.6 is 11.8 Å². The molecule has 0 saturated heterocycles. The van der Waals surface area contributed by atoms with Crippen LogP contribution in [0.25, 0.3) is 5.69 Å². The predicted molar refractivity (Wildman–Crippen MR) is 118 cm³/mol. The van der Waals surface area contributed by atoms with Gasteiger partial charge < -0.3 is 4.74 Å². The van der Waals surface area contributed by atoms with Gasteiger partial charge in [0.25, 0.3) is 0 Å². The summed E-state index contributed by atoms with van der Waals surface area (Å²) in [5.41, 5.74) is 1.20. The van der Waals surface area contributed by atoms with Crippen molar-refractivity contribution in [3.63, 3.8) is 0 Å². The van der Waals surface area contributed by atoms with Gasteiger partial charge in [-0.25, -0.2) is 8.78 Å². The molecular weight excluding hydrogens is 432 g/mol. The molecule has 1 unspecified atom stereocenters. The third-order valence-corrected chi connectivity index (χ3v) is 5.60. The highest BCUT2D eigenvalue weighted by Gasteiger charge is 2.22. The number of rotatable bonds is 8. The van der Waals surface area contributed by atoms with Crippen LogP contribution in [-0.4, -0.2) is 26.3 Å². The number of para-hydroxylation sites is 2. The molecule has 4 aromatic rings. The Bertz CT molecular complexity index is 1210. The van der Waals surface area contributed by atoms with E-state index in [9.17, 15) is 13.6 Å². The molecule has 0 aliphatic rings. The molecule has 0 aliphatic heterocycles. The number of benzene rings is 3. The van der Waals surface area contributed by atoms with Crippen molar-refractivity contribution in [1.29, 1.82) is 0 Å². The van der Waals surface area contributed by atoms with E-state index in [1.165, 1.54) is 42.1 Å². The largest absolute Gasteiger partial charge is 0.480 e. The first-order valence-corrected chi connectivity index (χ1v) is 10.8. The maximum Gasteiger partial charge on any atom is 0.196 e. The molecule has 1 heterocycles. The fourth-order valence-electron chi connectivity index (χ4n) is 3.09. The number of nitrogens with zero attached hydrogens (tertiary/aromatic N) is 3. The van der Waals surface area contributed by atoms with Crippen molar-refractivity contribution in [2.45, 2.75) is 18.2 Å². The van der Waals surface area contributed by atoms with Crippen LogP contribution in [0.4, 0.5) is 8.78 Å². The highest BCUT2D eigenvalue weighted by atomic mass is 32.2. The molecule has 3 aromatic carbocycles. The zero-order valence-corrected chi connectivity index (χ0v) is 17.9. The third kappa shape index (κ3) is 4.86. The Kier molecular flexibility index (Phi) is 6.61. The van der Waals surface area contributed by atoms with Gasteiger partial charge in [0.2, 0.25) is 0 Å². The van der Waals surface area contributed by atoms with Gasteiger partial charge in [-0.2, -0.15) is 0 Å². The van der Waals surface area contributed by atoms with E-state index in [0.717, 1.165) is 5.69 Å². The van der Waals surface area contributed by atoms with Crippen molar-refractivity contribution in [3.05, 3.63) is 102 Å². The van der Waals surface area contributed by atoms with Crippen LogP contribution in [0, 0.1) is 11.6 Å². The van der Waals surface area contributed by atoms with Gasteiger partial charge in [0, 0.05) is 11.3 Å². The summed E-state index contributed by atoms with van der Waals surface area (Å²) in [6, 6.07) is 21.0. The van der Waals surface area contributed by atoms with Gasteiger partial charge in [0.05, 0.1) is 5.75 Å². The summed E-state index contributed by atoms with van der Waals surface area (Å²) in [5.74, 6) is -0.343. The summed E-state index contributed by atoms with van der Waals surface area (Å²) in [7, 11) is 0. The number of halogens is 2. The summed E-state index contributed by atoms with van der Waals surface area (Å²) in [6.07, 6.45) is -0.609. The van der Waals surface area contributed by atoms with Gasteiger partial charge in [0.15, 0.2) is 34.4 Å². The van der Waals surface area contributed by atoms with Crippen molar-refractivity contribution >= 4 is 17.5 Å². The summed E-state index contributed by atoms with van der Waals surface area (Å²) in [4.78, 5) is 12.5. The van der Waals surface area contributed by atoms with Crippen molar-refractivity contribution < 1.29 is 18.3 Å². The lowest BCUT2D eigenvalue weighted by Gasteiger charge is -2.17. The fraction of sp³-hybridized carbons (Fsp3) is 0.125. The van der Waals surface area contributed by atoms with Crippen LogP contribution in [0.1, 0.15) is 29.2 Å². The Morgan fingerprint density at radius 2 is 1.66 bits per heavy atom. The molecule has 1 aromatic heterocycles. The molecule has 0 fully saturated rings. The monoisotopic (exact) mass is 451 g/mol. The molecule has 32 heavy (non-hydrogen) atoms. The zero-order valence-electron chi connectivity index (χ0n) is 17.1. The van der Waals surface area contributed by atoms with E-state index in [1.807, 2.05) is 30.3 Å². The van der Waals surface area contributed by atoms with Crippen LogP contribution < -0.4 is 4.74 Å². The summed E-state index contributed by atoms with van der Waals surface area (Å²) in [5, 5.41) is 9.00. The normalized spacial score (nSPS) is 11.8. The first-order valence-electron chi connectivity index (χ1n) is 9.86. The van der Waals surface area contributed by atoms with Crippen LogP contribution in [0.5, 0.6) is 5.75 Å². The van der Waals surface area contributed by atoms with Gasteiger partial charge in [0.1, 0.15) is 5.82 Å². The van der Waals surface area contributed by atoms with E-state index in [0.29, 0.717) is 16.5 Å². The molecule has 0 spiro atoms. The van der Waals surface area contributed by atoms with Crippen molar-refractivity contribution in [2.75, 3.05) is 5.75 Å². The number of aromatic nitrogens is 3. The van der Waals surface area contributed by atoms with E-state index in [1.54, 1.807) is 29.7 Å². The van der Waals surface area contributed by atoms with E-state index in [-0.39, 0.29) is 17.3 Å². The quantitative estimate of drug-likeness (QED) is 0.256. The van der Waals surface area contributed by atoms with Crippen LogP contribution in [-0.2, 0) is 0 Å².